The molecule has 0 amide bonds. The third kappa shape index (κ3) is 4.84. The van der Waals surface area contributed by atoms with Crippen molar-refractivity contribution >= 4 is 0 Å². The highest BCUT2D eigenvalue weighted by molar-refractivity contribution is 5.16. The summed E-state index contributed by atoms with van der Waals surface area (Å²) in [7, 11) is 0. The van der Waals surface area contributed by atoms with E-state index in [4.69, 9.17) is 0 Å². The maximum Gasteiger partial charge on any atom is 0.123 e. The largest absolute Gasteiger partial charge is 0.389 e. The normalized spacial score (nSPS) is 14.9. The molecule has 1 rings (SSSR count). The molecular weight excluding hydrogens is 217 g/mol. The van der Waals surface area contributed by atoms with Crippen LogP contribution in [0.3, 0.4) is 0 Å². The number of aliphatic hydroxyl groups is 1. The molecule has 1 atom stereocenters. The molecule has 2 nitrogen and oxygen atoms in total. The average Bonchev–Trinajstić information content (AvgIpc) is 2.26. The highest BCUT2D eigenvalue weighted by atomic mass is 19.1. The zero-order chi connectivity index (χ0) is 12.9. The Kier molecular flexibility index (Phi) is 5.09. The summed E-state index contributed by atoms with van der Waals surface area (Å²) < 4.78 is 12.7. The lowest BCUT2D eigenvalue weighted by Crippen LogP contribution is -2.42. The summed E-state index contributed by atoms with van der Waals surface area (Å²) in [6.07, 6.45) is 0.842. The van der Waals surface area contributed by atoms with Gasteiger partial charge in [-0.3, -0.25) is 0 Å². The van der Waals surface area contributed by atoms with Crippen molar-refractivity contribution in [3.8, 4) is 0 Å². The van der Waals surface area contributed by atoms with Crippen LogP contribution in [-0.4, -0.2) is 23.8 Å². The summed E-state index contributed by atoms with van der Waals surface area (Å²) in [5.41, 5.74) is 0.422. The summed E-state index contributed by atoms with van der Waals surface area (Å²) in [5, 5.41) is 13.2. The van der Waals surface area contributed by atoms with Crippen molar-refractivity contribution < 1.29 is 9.50 Å². The Morgan fingerprint density at radius 2 is 1.88 bits per heavy atom. The lowest BCUT2D eigenvalue weighted by Gasteiger charge is -2.28. The second kappa shape index (κ2) is 6.12. The minimum atomic E-state index is -0.678. The van der Waals surface area contributed by atoms with Crippen molar-refractivity contribution in [1.29, 1.82) is 0 Å². The predicted octanol–water partition coefficient (Wildman–Crippen LogP) is 2.36. The van der Waals surface area contributed by atoms with Gasteiger partial charge in [-0.05, 0) is 43.5 Å². The topological polar surface area (TPSA) is 32.3 Å². The molecular formula is C14H22FNO. The molecule has 0 spiro atoms. The van der Waals surface area contributed by atoms with Gasteiger partial charge in [0.2, 0.25) is 0 Å². The Morgan fingerprint density at radius 1 is 1.29 bits per heavy atom. The smallest absolute Gasteiger partial charge is 0.123 e. The maximum absolute atomic E-state index is 12.7. The SMILES string of the molecule is CC(C)C(C)(O)CNCCc1ccc(F)cc1. The molecule has 0 heterocycles. The zero-order valence-corrected chi connectivity index (χ0v) is 10.8. The van der Waals surface area contributed by atoms with E-state index in [1.165, 1.54) is 12.1 Å². The van der Waals surface area contributed by atoms with E-state index in [-0.39, 0.29) is 11.7 Å². The molecule has 3 heteroatoms. The molecule has 0 saturated carbocycles. The standard InChI is InChI=1S/C14H22FNO/c1-11(2)14(3,17)10-16-9-8-12-4-6-13(15)7-5-12/h4-7,11,16-17H,8-10H2,1-3H3. The molecule has 0 aliphatic carbocycles. The van der Waals surface area contributed by atoms with Crippen LogP contribution in [0.15, 0.2) is 24.3 Å². The van der Waals surface area contributed by atoms with Crippen LogP contribution < -0.4 is 5.32 Å². The Morgan fingerprint density at radius 3 is 2.41 bits per heavy atom. The van der Waals surface area contributed by atoms with Crippen molar-refractivity contribution in [2.45, 2.75) is 32.8 Å². The van der Waals surface area contributed by atoms with Gasteiger partial charge in [0.15, 0.2) is 0 Å². The lowest BCUT2D eigenvalue weighted by molar-refractivity contribution is 0.0145. The molecule has 1 aromatic carbocycles. The number of hydrogen-bond donors (Lipinski definition) is 2. The van der Waals surface area contributed by atoms with E-state index >= 15 is 0 Å². The maximum atomic E-state index is 12.7. The average molecular weight is 239 g/mol. The van der Waals surface area contributed by atoms with Gasteiger partial charge < -0.3 is 10.4 Å². The molecule has 0 aliphatic heterocycles. The second-order valence-corrected chi connectivity index (χ2v) is 5.07. The first-order valence-corrected chi connectivity index (χ1v) is 6.09. The van der Waals surface area contributed by atoms with Gasteiger partial charge in [-0.1, -0.05) is 26.0 Å². The van der Waals surface area contributed by atoms with E-state index in [1.54, 1.807) is 12.1 Å². The molecule has 96 valence electrons. The third-order valence-electron chi connectivity index (χ3n) is 3.23. The van der Waals surface area contributed by atoms with Crippen LogP contribution in [0.4, 0.5) is 4.39 Å². The molecule has 0 aromatic heterocycles. The van der Waals surface area contributed by atoms with Crippen LogP contribution in [0.25, 0.3) is 0 Å². The first kappa shape index (κ1) is 14.1. The summed E-state index contributed by atoms with van der Waals surface area (Å²) in [6.45, 7) is 7.20. The Bertz CT molecular complexity index is 333. The molecule has 17 heavy (non-hydrogen) atoms. The first-order chi connectivity index (χ1) is 7.92. The predicted molar refractivity (Wildman–Crippen MR) is 68.4 cm³/mol. The number of nitrogens with one attached hydrogen (secondary N) is 1. The summed E-state index contributed by atoms with van der Waals surface area (Å²) in [5.74, 6) is 0.0188. The fourth-order valence-corrected chi connectivity index (χ4v) is 1.43. The van der Waals surface area contributed by atoms with Gasteiger partial charge >= 0.3 is 0 Å². The van der Waals surface area contributed by atoms with E-state index in [1.807, 2.05) is 20.8 Å². The summed E-state index contributed by atoms with van der Waals surface area (Å²) in [4.78, 5) is 0. The fourth-order valence-electron chi connectivity index (χ4n) is 1.43. The lowest BCUT2D eigenvalue weighted by atomic mass is 9.92. The van der Waals surface area contributed by atoms with Crippen LogP contribution in [0.5, 0.6) is 0 Å². The third-order valence-corrected chi connectivity index (χ3v) is 3.23. The summed E-state index contributed by atoms with van der Waals surface area (Å²) >= 11 is 0. The number of halogens is 1. The van der Waals surface area contributed by atoms with Crippen molar-refractivity contribution in [2.24, 2.45) is 5.92 Å². The van der Waals surface area contributed by atoms with Gasteiger partial charge in [-0.15, -0.1) is 0 Å². The summed E-state index contributed by atoms with van der Waals surface area (Å²) in [6, 6.07) is 6.52. The Hall–Kier alpha value is -0.930. The van der Waals surface area contributed by atoms with Gasteiger partial charge in [-0.25, -0.2) is 4.39 Å². The molecule has 0 saturated heterocycles. The molecule has 2 N–H and O–H groups in total. The first-order valence-electron chi connectivity index (χ1n) is 6.09. The van der Waals surface area contributed by atoms with Crippen molar-refractivity contribution in [3.63, 3.8) is 0 Å². The molecule has 1 unspecified atom stereocenters. The number of rotatable bonds is 6. The molecule has 0 bridgehead atoms. The number of benzene rings is 1. The highest BCUT2D eigenvalue weighted by Gasteiger charge is 2.23. The Balaban J connectivity index is 2.27. The second-order valence-electron chi connectivity index (χ2n) is 5.07. The quantitative estimate of drug-likeness (QED) is 0.747. The van der Waals surface area contributed by atoms with E-state index in [9.17, 15) is 9.50 Å². The molecule has 0 fully saturated rings. The van der Waals surface area contributed by atoms with E-state index in [2.05, 4.69) is 5.32 Å². The number of hydrogen-bond acceptors (Lipinski definition) is 2. The van der Waals surface area contributed by atoms with E-state index in [0.717, 1.165) is 18.5 Å². The van der Waals surface area contributed by atoms with Crippen LogP contribution in [0, 0.1) is 11.7 Å². The van der Waals surface area contributed by atoms with E-state index in [0.29, 0.717) is 6.54 Å². The van der Waals surface area contributed by atoms with Crippen molar-refractivity contribution in [3.05, 3.63) is 35.6 Å². The monoisotopic (exact) mass is 239 g/mol. The van der Waals surface area contributed by atoms with Gasteiger partial charge in [0, 0.05) is 6.54 Å². The highest BCUT2D eigenvalue weighted by Crippen LogP contribution is 2.14. The van der Waals surface area contributed by atoms with Gasteiger partial charge in [0.05, 0.1) is 5.60 Å². The van der Waals surface area contributed by atoms with Crippen molar-refractivity contribution in [2.75, 3.05) is 13.1 Å². The minimum Gasteiger partial charge on any atom is -0.389 e. The van der Waals surface area contributed by atoms with Crippen LogP contribution in [-0.2, 0) is 6.42 Å². The molecule has 1 aromatic rings. The van der Waals surface area contributed by atoms with Gasteiger partial charge in [0.1, 0.15) is 5.82 Å². The van der Waals surface area contributed by atoms with Crippen LogP contribution in [0.2, 0.25) is 0 Å². The van der Waals surface area contributed by atoms with Crippen molar-refractivity contribution in [1.82, 2.24) is 5.32 Å². The van der Waals surface area contributed by atoms with Crippen LogP contribution in [0.1, 0.15) is 26.3 Å². The van der Waals surface area contributed by atoms with E-state index < -0.39 is 5.60 Å². The van der Waals surface area contributed by atoms with Crippen LogP contribution >= 0.6 is 0 Å². The zero-order valence-electron chi connectivity index (χ0n) is 10.8. The van der Waals surface area contributed by atoms with Gasteiger partial charge in [0.25, 0.3) is 0 Å². The molecule has 0 radical (unpaired) electrons. The molecule has 0 aliphatic rings. The Labute approximate surface area is 103 Å². The van der Waals surface area contributed by atoms with Gasteiger partial charge in [-0.2, -0.15) is 0 Å². The fraction of sp³-hybridized carbons (Fsp3) is 0.571. The minimum absolute atomic E-state index is 0.204.